The average Bonchev–Trinajstić information content (AvgIpc) is 2.62. The summed E-state index contributed by atoms with van der Waals surface area (Å²) in [5.41, 5.74) is 1.82. The van der Waals surface area contributed by atoms with E-state index in [4.69, 9.17) is 0 Å². The highest BCUT2D eigenvalue weighted by molar-refractivity contribution is 7.89. The van der Waals surface area contributed by atoms with Gasteiger partial charge in [-0.15, -0.1) is 0 Å². The van der Waals surface area contributed by atoms with E-state index >= 15 is 0 Å². The van der Waals surface area contributed by atoms with Crippen LogP contribution < -0.4 is 5.32 Å². The van der Waals surface area contributed by atoms with Crippen LogP contribution in [0, 0.1) is 12.8 Å². The van der Waals surface area contributed by atoms with Crippen molar-refractivity contribution >= 4 is 15.9 Å². The first kappa shape index (κ1) is 21.1. The van der Waals surface area contributed by atoms with Gasteiger partial charge >= 0.3 is 0 Å². The standard InChI is InChI=1S/C21H28N2O3S/c1-17(2)13-14-22-21(24)16-23(15-19-7-5-4-6-8-19)27(25,26)20-11-9-18(3)10-12-20/h4-12,17H,13-16H2,1-3H3,(H,22,24). The van der Waals surface area contributed by atoms with Gasteiger partial charge in [0.2, 0.25) is 15.9 Å². The molecule has 0 aliphatic rings. The number of hydrogen-bond acceptors (Lipinski definition) is 3. The third-order valence-electron chi connectivity index (χ3n) is 4.22. The lowest BCUT2D eigenvalue weighted by Crippen LogP contribution is -2.40. The first-order chi connectivity index (χ1) is 12.8. The number of benzene rings is 2. The van der Waals surface area contributed by atoms with Crippen molar-refractivity contribution < 1.29 is 13.2 Å². The number of carbonyl (C=O) groups is 1. The number of nitrogens with zero attached hydrogens (tertiary/aromatic N) is 1. The van der Waals surface area contributed by atoms with Gasteiger partial charge in [-0.05, 0) is 37.0 Å². The van der Waals surface area contributed by atoms with Crippen LogP contribution in [0.1, 0.15) is 31.4 Å². The van der Waals surface area contributed by atoms with Gasteiger partial charge in [0.1, 0.15) is 0 Å². The summed E-state index contributed by atoms with van der Waals surface area (Å²) in [6, 6.07) is 16.0. The highest BCUT2D eigenvalue weighted by Crippen LogP contribution is 2.19. The minimum atomic E-state index is -3.78. The topological polar surface area (TPSA) is 66.5 Å². The lowest BCUT2D eigenvalue weighted by molar-refractivity contribution is -0.121. The minimum Gasteiger partial charge on any atom is -0.355 e. The fourth-order valence-electron chi connectivity index (χ4n) is 2.59. The van der Waals surface area contributed by atoms with Crippen LogP contribution in [-0.2, 0) is 21.4 Å². The monoisotopic (exact) mass is 388 g/mol. The fraction of sp³-hybridized carbons (Fsp3) is 0.381. The third-order valence-corrected chi connectivity index (χ3v) is 6.03. The van der Waals surface area contributed by atoms with Gasteiger partial charge in [-0.2, -0.15) is 4.31 Å². The zero-order chi connectivity index (χ0) is 19.9. The van der Waals surface area contributed by atoms with Crippen LogP contribution in [0.15, 0.2) is 59.5 Å². The molecule has 1 N–H and O–H groups in total. The predicted octanol–water partition coefficient (Wildman–Crippen LogP) is 3.35. The molecule has 5 nitrogen and oxygen atoms in total. The van der Waals surface area contributed by atoms with Crippen molar-refractivity contribution in [1.29, 1.82) is 0 Å². The van der Waals surface area contributed by atoms with E-state index in [1.165, 1.54) is 4.31 Å². The van der Waals surface area contributed by atoms with Gasteiger partial charge in [0.15, 0.2) is 0 Å². The van der Waals surface area contributed by atoms with E-state index in [0.717, 1.165) is 17.5 Å². The van der Waals surface area contributed by atoms with Crippen LogP contribution in [0.25, 0.3) is 0 Å². The molecule has 146 valence electrons. The molecule has 0 aliphatic heterocycles. The third kappa shape index (κ3) is 6.48. The predicted molar refractivity (Wildman–Crippen MR) is 108 cm³/mol. The van der Waals surface area contributed by atoms with Gasteiger partial charge in [0.25, 0.3) is 0 Å². The molecule has 0 aromatic heterocycles. The largest absolute Gasteiger partial charge is 0.355 e. The van der Waals surface area contributed by atoms with E-state index < -0.39 is 10.0 Å². The van der Waals surface area contributed by atoms with E-state index in [2.05, 4.69) is 19.2 Å². The second kappa shape index (κ2) is 9.67. The Labute approximate surface area is 162 Å². The van der Waals surface area contributed by atoms with Crippen LogP contribution in [-0.4, -0.2) is 31.7 Å². The minimum absolute atomic E-state index is 0.147. The van der Waals surface area contributed by atoms with Crippen molar-refractivity contribution in [3.63, 3.8) is 0 Å². The summed E-state index contributed by atoms with van der Waals surface area (Å²) >= 11 is 0. The summed E-state index contributed by atoms with van der Waals surface area (Å²) in [4.78, 5) is 12.5. The molecule has 2 aromatic carbocycles. The highest BCUT2D eigenvalue weighted by Gasteiger charge is 2.26. The summed E-state index contributed by atoms with van der Waals surface area (Å²) in [7, 11) is -3.78. The van der Waals surface area contributed by atoms with Gasteiger partial charge in [0.05, 0.1) is 11.4 Å². The molecule has 0 fully saturated rings. The van der Waals surface area contributed by atoms with Gasteiger partial charge in [-0.3, -0.25) is 4.79 Å². The SMILES string of the molecule is Cc1ccc(S(=O)(=O)N(CC(=O)NCCC(C)C)Cc2ccccc2)cc1. The van der Waals surface area contributed by atoms with Gasteiger partial charge in [-0.1, -0.05) is 61.9 Å². The summed E-state index contributed by atoms with van der Waals surface area (Å²) < 4.78 is 27.5. The first-order valence-corrected chi connectivity index (χ1v) is 10.6. The molecule has 2 rings (SSSR count). The van der Waals surface area contributed by atoms with E-state index in [0.29, 0.717) is 12.5 Å². The molecule has 6 heteroatoms. The Morgan fingerprint density at radius 3 is 2.26 bits per heavy atom. The number of amides is 1. The summed E-state index contributed by atoms with van der Waals surface area (Å²) in [6.07, 6.45) is 0.856. The van der Waals surface area contributed by atoms with Crippen molar-refractivity contribution in [3.05, 3.63) is 65.7 Å². The number of sulfonamides is 1. The Balaban J connectivity index is 2.20. The molecule has 1 amide bonds. The number of carbonyl (C=O) groups excluding carboxylic acids is 1. The van der Waals surface area contributed by atoms with Crippen LogP contribution >= 0.6 is 0 Å². The lowest BCUT2D eigenvalue weighted by Gasteiger charge is -2.22. The van der Waals surface area contributed by atoms with Crippen molar-refractivity contribution in [2.45, 2.75) is 38.6 Å². The van der Waals surface area contributed by atoms with Crippen molar-refractivity contribution in [3.8, 4) is 0 Å². The molecule has 0 heterocycles. The molecule has 0 saturated heterocycles. The maximum atomic E-state index is 13.1. The summed E-state index contributed by atoms with van der Waals surface area (Å²) in [6.45, 7) is 6.55. The van der Waals surface area contributed by atoms with E-state index in [9.17, 15) is 13.2 Å². The van der Waals surface area contributed by atoms with Gasteiger partial charge in [-0.25, -0.2) is 8.42 Å². The number of rotatable bonds is 9. The Kier molecular flexibility index (Phi) is 7.56. The molecule has 0 unspecified atom stereocenters. The molecule has 0 atom stereocenters. The van der Waals surface area contributed by atoms with Crippen LogP contribution in [0.2, 0.25) is 0 Å². The Bertz CT molecular complexity index is 831. The molecule has 0 radical (unpaired) electrons. The smallest absolute Gasteiger partial charge is 0.243 e. The van der Waals surface area contributed by atoms with Crippen LogP contribution in [0.5, 0.6) is 0 Å². The van der Waals surface area contributed by atoms with E-state index in [1.54, 1.807) is 24.3 Å². The normalized spacial score (nSPS) is 11.7. The zero-order valence-electron chi connectivity index (χ0n) is 16.2. The van der Waals surface area contributed by atoms with Crippen molar-refractivity contribution in [1.82, 2.24) is 9.62 Å². The molecule has 0 saturated carbocycles. The number of aryl methyl sites for hydroxylation is 1. The number of hydrogen-bond donors (Lipinski definition) is 1. The van der Waals surface area contributed by atoms with Crippen LogP contribution in [0.4, 0.5) is 0 Å². The quantitative estimate of drug-likeness (QED) is 0.716. The summed E-state index contributed by atoms with van der Waals surface area (Å²) in [5, 5.41) is 2.82. The highest BCUT2D eigenvalue weighted by atomic mass is 32.2. The Hall–Kier alpha value is -2.18. The molecule has 27 heavy (non-hydrogen) atoms. The average molecular weight is 389 g/mol. The maximum absolute atomic E-state index is 13.1. The second-order valence-corrected chi connectivity index (χ2v) is 9.04. The Morgan fingerprint density at radius 2 is 1.67 bits per heavy atom. The second-order valence-electron chi connectivity index (χ2n) is 7.10. The molecule has 0 spiro atoms. The van der Waals surface area contributed by atoms with E-state index in [-0.39, 0.29) is 23.9 Å². The maximum Gasteiger partial charge on any atom is 0.243 e. The van der Waals surface area contributed by atoms with Gasteiger partial charge < -0.3 is 5.32 Å². The number of nitrogens with one attached hydrogen (secondary N) is 1. The van der Waals surface area contributed by atoms with Crippen molar-refractivity contribution in [2.75, 3.05) is 13.1 Å². The molecular formula is C21H28N2O3S. The lowest BCUT2D eigenvalue weighted by atomic mass is 10.1. The zero-order valence-corrected chi connectivity index (χ0v) is 17.0. The first-order valence-electron chi connectivity index (χ1n) is 9.16. The molecule has 0 bridgehead atoms. The Morgan fingerprint density at radius 1 is 1.04 bits per heavy atom. The fourth-order valence-corrected chi connectivity index (χ4v) is 3.97. The molecule has 2 aromatic rings. The molecule has 0 aliphatic carbocycles. The van der Waals surface area contributed by atoms with E-state index in [1.807, 2.05) is 37.3 Å². The molecular weight excluding hydrogens is 360 g/mol. The van der Waals surface area contributed by atoms with Crippen LogP contribution in [0.3, 0.4) is 0 Å². The van der Waals surface area contributed by atoms with Gasteiger partial charge in [0, 0.05) is 13.1 Å². The summed E-state index contributed by atoms with van der Waals surface area (Å²) in [5.74, 6) is 0.185. The van der Waals surface area contributed by atoms with Crippen molar-refractivity contribution in [2.24, 2.45) is 5.92 Å².